The number of rotatable bonds is 3. The Hall–Kier alpha value is -2.47. The van der Waals surface area contributed by atoms with Gasteiger partial charge in [-0.3, -0.25) is 20.4 Å². The van der Waals surface area contributed by atoms with Gasteiger partial charge in [0.25, 0.3) is 5.91 Å². The highest BCUT2D eigenvalue weighted by Crippen LogP contribution is 2.16. The molecular weight excluding hydrogens is 314 g/mol. The second kappa shape index (κ2) is 7.00. The van der Waals surface area contributed by atoms with Gasteiger partial charge in [0, 0.05) is 0 Å². The molecule has 2 aromatic carbocycles. The predicted molar refractivity (Wildman–Crippen MR) is 77.1 cm³/mol. The minimum atomic E-state index is -0.669. The van der Waals surface area contributed by atoms with Crippen molar-refractivity contribution in [3.05, 3.63) is 70.2 Å². The fraction of sp³-hybridized carbons (Fsp3) is 0.0667. The van der Waals surface area contributed by atoms with Crippen LogP contribution in [0.5, 0.6) is 0 Å². The second-order valence-corrected chi connectivity index (χ2v) is 4.84. The maximum atomic E-state index is 12.9. The van der Waals surface area contributed by atoms with E-state index in [4.69, 9.17) is 11.6 Å². The Morgan fingerprint density at radius 2 is 1.59 bits per heavy atom. The van der Waals surface area contributed by atoms with E-state index < -0.39 is 23.4 Å². The Bertz CT molecular complexity index is 705. The molecule has 0 fully saturated rings. The monoisotopic (exact) mass is 324 g/mol. The van der Waals surface area contributed by atoms with Crippen molar-refractivity contribution in [3.8, 4) is 0 Å². The first-order chi connectivity index (χ1) is 10.5. The summed E-state index contributed by atoms with van der Waals surface area (Å²) in [6.45, 7) is 0. The van der Waals surface area contributed by atoms with Crippen molar-refractivity contribution in [3.63, 3.8) is 0 Å². The first-order valence-electron chi connectivity index (χ1n) is 6.24. The molecule has 0 bridgehead atoms. The van der Waals surface area contributed by atoms with Crippen LogP contribution >= 0.6 is 11.6 Å². The number of hydrogen-bond acceptors (Lipinski definition) is 2. The number of amides is 2. The molecule has 0 aliphatic rings. The number of hydrazine groups is 1. The zero-order valence-electron chi connectivity index (χ0n) is 11.2. The molecule has 4 nitrogen and oxygen atoms in total. The van der Waals surface area contributed by atoms with Gasteiger partial charge in [-0.1, -0.05) is 23.7 Å². The topological polar surface area (TPSA) is 58.2 Å². The summed E-state index contributed by atoms with van der Waals surface area (Å²) in [5.41, 5.74) is 5.00. The SMILES string of the molecule is O=C(Cc1ccc(F)cc1)NNC(=O)c1ccc(F)cc1Cl. The molecular formula is C15H11ClF2N2O2. The highest BCUT2D eigenvalue weighted by atomic mass is 35.5. The number of carbonyl (C=O) groups excluding carboxylic acids is 2. The van der Waals surface area contributed by atoms with Crippen molar-refractivity contribution in [2.75, 3.05) is 0 Å². The van der Waals surface area contributed by atoms with Gasteiger partial charge in [-0.05, 0) is 35.9 Å². The molecule has 0 saturated carbocycles. The van der Waals surface area contributed by atoms with Crippen LogP contribution in [0.3, 0.4) is 0 Å². The fourth-order valence-corrected chi connectivity index (χ4v) is 1.95. The molecule has 0 heterocycles. The molecule has 2 rings (SSSR count). The molecule has 0 radical (unpaired) electrons. The Morgan fingerprint density at radius 3 is 2.23 bits per heavy atom. The Balaban J connectivity index is 1.90. The van der Waals surface area contributed by atoms with Gasteiger partial charge in [0.05, 0.1) is 17.0 Å². The summed E-state index contributed by atoms with van der Waals surface area (Å²) >= 11 is 5.74. The average Bonchev–Trinajstić information content (AvgIpc) is 2.47. The van der Waals surface area contributed by atoms with E-state index in [0.29, 0.717) is 5.56 Å². The number of benzene rings is 2. The normalized spacial score (nSPS) is 10.1. The number of hydrogen-bond donors (Lipinski definition) is 2. The van der Waals surface area contributed by atoms with E-state index in [1.807, 2.05) is 0 Å². The van der Waals surface area contributed by atoms with Crippen molar-refractivity contribution < 1.29 is 18.4 Å². The van der Waals surface area contributed by atoms with Gasteiger partial charge in [-0.15, -0.1) is 0 Å². The Labute approximate surface area is 130 Å². The first kappa shape index (κ1) is 15.9. The van der Waals surface area contributed by atoms with Gasteiger partial charge >= 0.3 is 0 Å². The van der Waals surface area contributed by atoms with Crippen LogP contribution in [0.2, 0.25) is 5.02 Å². The zero-order valence-corrected chi connectivity index (χ0v) is 12.0. The molecule has 7 heteroatoms. The zero-order chi connectivity index (χ0) is 16.1. The number of carbonyl (C=O) groups is 2. The van der Waals surface area contributed by atoms with Gasteiger partial charge < -0.3 is 0 Å². The van der Waals surface area contributed by atoms with E-state index in [1.54, 1.807) is 0 Å². The molecule has 0 aliphatic carbocycles. The largest absolute Gasteiger partial charge is 0.273 e. The highest BCUT2D eigenvalue weighted by molar-refractivity contribution is 6.33. The maximum absolute atomic E-state index is 12.9. The summed E-state index contributed by atoms with van der Waals surface area (Å²) in [4.78, 5) is 23.5. The average molecular weight is 325 g/mol. The molecule has 0 unspecified atom stereocenters. The third kappa shape index (κ3) is 4.26. The quantitative estimate of drug-likeness (QED) is 0.853. The number of halogens is 3. The molecule has 0 saturated heterocycles. The van der Waals surface area contributed by atoms with Gasteiger partial charge in [-0.25, -0.2) is 8.78 Å². The second-order valence-electron chi connectivity index (χ2n) is 4.43. The number of nitrogens with one attached hydrogen (secondary N) is 2. The summed E-state index contributed by atoms with van der Waals surface area (Å²) in [7, 11) is 0. The van der Waals surface area contributed by atoms with Crippen LogP contribution in [0.1, 0.15) is 15.9 Å². The molecule has 0 aliphatic heterocycles. The summed E-state index contributed by atoms with van der Waals surface area (Å²) < 4.78 is 25.6. The summed E-state index contributed by atoms with van der Waals surface area (Å²) in [6, 6.07) is 8.69. The summed E-state index contributed by atoms with van der Waals surface area (Å²) in [5, 5.41) is -0.0646. The van der Waals surface area contributed by atoms with Crippen LogP contribution in [0.4, 0.5) is 8.78 Å². The van der Waals surface area contributed by atoms with Crippen molar-refractivity contribution in [2.45, 2.75) is 6.42 Å². The molecule has 2 N–H and O–H groups in total. The van der Waals surface area contributed by atoms with Gasteiger partial charge in [0.15, 0.2) is 0 Å². The first-order valence-corrected chi connectivity index (χ1v) is 6.62. The van der Waals surface area contributed by atoms with Crippen molar-refractivity contribution >= 4 is 23.4 Å². The lowest BCUT2D eigenvalue weighted by Crippen LogP contribution is -2.42. The molecule has 114 valence electrons. The smallest absolute Gasteiger partial charge is 0.271 e. The summed E-state index contributed by atoms with van der Waals surface area (Å²) in [5.74, 6) is -2.12. The van der Waals surface area contributed by atoms with Crippen LogP contribution in [0, 0.1) is 11.6 Å². The third-order valence-electron chi connectivity index (χ3n) is 2.77. The standard InChI is InChI=1S/C15H11ClF2N2O2/c16-13-8-11(18)5-6-12(13)15(22)20-19-14(21)7-9-1-3-10(17)4-2-9/h1-6,8H,7H2,(H,19,21)(H,20,22). The van der Waals surface area contributed by atoms with Crippen LogP contribution < -0.4 is 10.9 Å². The van der Waals surface area contributed by atoms with E-state index in [-0.39, 0.29) is 17.0 Å². The van der Waals surface area contributed by atoms with E-state index >= 15 is 0 Å². The van der Waals surface area contributed by atoms with Crippen LogP contribution in [0.15, 0.2) is 42.5 Å². The molecule has 0 aromatic heterocycles. The van der Waals surface area contributed by atoms with Gasteiger partial charge in [0.1, 0.15) is 11.6 Å². The van der Waals surface area contributed by atoms with Gasteiger partial charge in [-0.2, -0.15) is 0 Å². The van der Waals surface area contributed by atoms with E-state index in [1.165, 1.54) is 30.3 Å². The Morgan fingerprint density at radius 1 is 0.955 bits per heavy atom. The fourth-order valence-electron chi connectivity index (χ4n) is 1.70. The van der Waals surface area contributed by atoms with Crippen LogP contribution in [-0.4, -0.2) is 11.8 Å². The minimum Gasteiger partial charge on any atom is -0.273 e. The van der Waals surface area contributed by atoms with E-state index in [2.05, 4.69) is 10.9 Å². The molecule has 0 spiro atoms. The highest BCUT2D eigenvalue weighted by Gasteiger charge is 2.12. The van der Waals surface area contributed by atoms with Crippen LogP contribution in [0.25, 0.3) is 0 Å². The predicted octanol–water partition coefficient (Wildman–Crippen LogP) is 2.62. The lowest BCUT2D eigenvalue weighted by Gasteiger charge is -2.08. The molecule has 0 atom stereocenters. The molecule has 22 heavy (non-hydrogen) atoms. The summed E-state index contributed by atoms with van der Waals surface area (Å²) in [6.07, 6.45) is -0.0300. The van der Waals surface area contributed by atoms with Gasteiger partial charge in [0.2, 0.25) is 5.91 Å². The van der Waals surface area contributed by atoms with Crippen molar-refractivity contribution in [1.82, 2.24) is 10.9 Å². The van der Waals surface area contributed by atoms with E-state index in [0.717, 1.165) is 12.1 Å². The maximum Gasteiger partial charge on any atom is 0.271 e. The Kier molecular flexibility index (Phi) is 5.06. The van der Waals surface area contributed by atoms with E-state index in [9.17, 15) is 18.4 Å². The lowest BCUT2D eigenvalue weighted by molar-refractivity contribution is -0.121. The molecule has 2 amide bonds. The van der Waals surface area contributed by atoms with Crippen molar-refractivity contribution in [1.29, 1.82) is 0 Å². The minimum absolute atomic E-state index is 0.0300. The van der Waals surface area contributed by atoms with Crippen molar-refractivity contribution in [2.24, 2.45) is 0 Å². The third-order valence-corrected chi connectivity index (χ3v) is 3.08. The molecule has 2 aromatic rings. The lowest BCUT2D eigenvalue weighted by atomic mass is 10.1. The van der Waals surface area contributed by atoms with Crippen LogP contribution in [-0.2, 0) is 11.2 Å².